The maximum atomic E-state index is 12.2. The fraction of sp³-hybridized carbons (Fsp3) is 0.300. The molecule has 0 radical (unpaired) electrons. The molecule has 0 aliphatic rings. The van der Waals surface area contributed by atoms with Crippen LogP contribution in [0.4, 0.5) is 11.4 Å². The number of methoxy groups -OCH3 is 2. The van der Waals surface area contributed by atoms with E-state index in [1.807, 2.05) is 31.2 Å². The van der Waals surface area contributed by atoms with E-state index in [0.29, 0.717) is 17.2 Å². The van der Waals surface area contributed by atoms with E-state index < -0.39 is 0 Å². The van der Waals surface area contributed by atoms with Crippen LogP contribution in [0.25, 0.3) is 0 Å². The van der Waals surface area contributed by atoms with Crippen LogP contribution in [0.5, 0.6) is 11.5 Å². The summed E-state index contributed by atoms with van der Waals surface area (Å²) in [4.78, 5) is 25.1. The maximum Gasteiger partial charge on any atom is 0.279 e. The molecule has 2 amide bonds. The van der Waals surface area contributed by atoms with E-state index in [-0.39, 0.29) is 24.9 Å². The van der Waals surface area contributed by atoms with Crippen LogP contribution in [-0.4, -0.2) is 46.2 Å². The molecular formula is C20H26N3O4+. The third-order valence-electron chi connectivity index (χ3n) is 3.93. The summed E-state index contributed by atoms with van der Waals surface area (Å²) in [6.45, 7) is 2.34. The molecule has 2 aromatic rings. The molecule has 2 rings (SSSR count). The average Bonchev–Trinajstić information content (AvgIpc) is 2.63. The number of anilines is 2. The second-order valence-corrected chi connectivity index (χ2v) is 6.34. The molecule has 0 heterocycles. The van der Waals surface area contributed by atoms with Gasteiger partial charge in [-0.05, 0) is 31.2 Å². The molecule has 0 saturated carbocycles. The topological polar surface area (TPSA) is 81.1 Å². The Kier molecular flexibility index (Phi) is 7.19. The first-order valence-electron chi connectivity index (χ1n) is 8.61. The molecule has 27 heavy (non-hydrogen) atoms. The highest BCUT2D eigenvalue weighted by molar-refractivity contribution is 5.93. The predicted molar refractivity (Wildman–Crippen MR) is 105 cm³/mol. The SMILES string of the molecule is COc1ccc(NC(=O)C[NH+](C)CC(=O)Nc2ccc(C)cc2)cc1OC. The lowest BCUT2D eigenvalue weighted by Gasteiger charge is -2.14. The number of aryl methyl sites for hydroxylation is 1. The summed E-state index contributed by atoms with van der Waals surface area (Å²) in [5.74, 6) is 0.789. The number of hydrogen-bond acceptors (Lipinski definition) is 4. The molecule has 1 unspecified atom stereocenters. The Morgan fingerprint density at radius 1 is 0.852 bits per heavy atom. The monoisotopic (exact) mass is 372 g/mol. The number of amides is 2. The van der Waals surface area contributed by atoms with Crippen molar-refractivity contribution >= 4 is 23.2 Å². The largest absolute Gasteiger partial charge is 0.493 e. The Morgan fingerprint density at radius 3 is 1.93 bits per heavy atom. The van der Waals surface area contributed by atoms with Gasteiger partial charge in [0.05, 0.1) is 21.3 Å². The maximum absolute atomic E-state index is 12.2. The Labute approximate surface area is 159 Å². The van der Waals surface area contributed by atoms with Crippen LogP contribution < -0.4 is 25.0 Å². The number of ether oxygens (including phenoxy) is 2. The van der Waals surface area contributed by atoms with Gasteiger partial charge in [-0.3, -0.25) is 9.59 Å². The Balaban J connectivity index is 1.84. The normalized spacial score (nSPS) is 11.4. The lowest BCUT2D eigenvalue weighted by atomic mass is 10.2. The van der Waals surface area contributed by atoms with Crippen molar-refractivity contribution in [2.45, 2.75) is 6.92 Å². The van der Waals surface area contributed by atoms with Gasteiger partial charge >= 0.3 is 0 Å². The molecule has 144 valence electrons. The van der Waals surface area contributed by atoms with Crippen LogP contribution >= 0.6 is 0 Å². The molecule has 1 atom stereocenters. The van der Waals surface area contributed by atoms with Crippen molar-refractivity contribution in [3.8, 4) is 11.5 Å². The number of carbonyl (C=O) groups is 2. The molecule has 0 aliphatic carbocycles. The minimum absolute atomic E-state index is 0.143. The standard InChI is InChI=1S/C20H25N3O4/c1-14-5-7-15(8-6-14)21-19(24)12-23(2)13-20(25)22-16-9-10-17(26-3)18(11-16)27-4/h5-11H,12-13H2,1-4H3,(H,21,24)(H,22,25)/p+1. The van der Waals surface area contributed by atoms with E-state index in [0.717, 1.165) is 16.2 Å². The number of nitrogens with one attached hydrogen (secondary N) is 3. The van der Waals surface area contributed by atoms with Crippen molar-refractivity contribution in [3.05, 3.63) is 48.0 Å². The number of hydrogen-bond donors (Lipinski definition) is 3. The van der Waals surface area contributed by atoms with Crippen LogP contribution in [-0.2, 0) is 9.59 Å². The Morgan fingerprint density at radius 2 is 1.37 bits per heavy atom. The lowest BCUT2D eigenvalue weighted by Crippen LogP contribution is -3.11. The van der Waals surface area contributed by atoms with Gasteiger partial charge in [0, 0.05) is 17.4 Å². The Hall–Kier alpha value is -3.06. The van der Waals surface area contributed by atoms with Gasteiger partial charge in [-0.1, -0.05) is 17.7 Å². The first kappa shape index (κ1) is 20.3. The Bertz CT molecular complexity index is 790. The van der Waals surface area contributed by atoms with Gasteiger partial charge in [0.2, 0.25) is 0 Å². The van der Waals surface area contributed by atoms with Gasteiger partial charge in [0.1, 0.15) is 0 Å². The molecule has 0 saturated heterocycles. The molecule has 0 aliphatic heterocycles. The highest BCUT2D eigenvalue weighted by Gasteiger charge is 2.15. The molecule has 0 bridgehead atoms. The number of rotatable bonds is 8. The van der Waals surface area contributed by atoms with E-state index >= 15 is 0 Å². The first-order chi connectivity index (χ1) is 12.9. The van der Waals surface area contributed by atoms with Gasteiger partial charge in [0.15, 0.2) is 24.6 Å². The number of quaternary nitrogens is 1. The van der Waals surface area contributed by atoms with Gasteiger partial charge in [-0.2, -0.15) is 0 Å². The number of carbonyl (C=O) groups excluding carboxylic acids is 2. The zero-order chi connectivity index (χ0) is 19.8. The summed E-state index contributed by atoms with van der Waals surface area (Å²) in [5, 5.41) is 5.63. The van der Waals surface area contributed by atoms with Gasteiger partial charge in [-0.15, -0.1) is 0 Å². The van der Waals surface area contributed by atoms with E-state index in [1.165, 1.54) is 7.11 Å². The van der Waals surface area contributed by atoms with E-state index in [4.69, 9.17) is 9.47 Å². The summed E-state index contributed by atoms with van der Waals surface area (Å²) in [6.07, 6.45) is 0. The summed E-state index contributed by atoms with van der Waals surface area (Å²) < 4.78 is 10.4. The first-order valence-corrected chi connectivity index (χ1v) is 8.61. The zero-order valence-electron chi connectivity index (χ0n) is 16.1. The fourth-order valence-corrected chi connectivity index (χ4v) is 2.57. The van der Waals surface area contributed by atoms with Crippen molar-refractivity contribution in [1.29, 1.82) is 0 Å². The summed E-state index contributed by atoms with van der Waals surface area (Å²) >= 11 is 0. The van der Waals surface area contributed by atoms with Crippen LogP contribution in [0.1, 0.15) is 5.56 Å². The molecule has 0 aromatic heterocycles. The van der Waals surface area contributed by atoms with E-state index in [9.17, 15) is 9.59 Å². The summed E-state index contributed by atoms with van der Waals surface area (Å²) in [6, 6.07) is 12.7. The van der Waals surface area contributed by atoms with Crippen molar-refractivity contribution < 1.29 is 24.0 Å². The molecular weight excluding hydrogens is 346 g/mol. The molecule has 2 aromatic carbocycles. The number of likely N-dealkylation sites (N-methyl/N-ethyl adjacent to an activating group) is 1. The van der Waals surface area contributed by atoms with Gasteiger partial charge in [0.25, 0.3) is 11.8 Å². The highest BCUT2D eigenvalue weighted by Crippen LogP contribution is 2.29. The summed E-state index contributed by atoms with van der Waals surface area (Å²) in [7, 11) is 4.88. The van der Waals surface area contributed by atoms with Crippen LogP contribution in [0.15, 0.2) is 42.5 Å². The molecule has 0 fully saturated rings. The zero-order valence-corrected chi connectivity index (χ0v) is 16.1. The quantitative estimate of drug-likeness (QED) is 0.648. The smallest absolute Gasteiger partial charge is 0.279 e. The van der Waals surface area contributed by atoms with Crippen molar-refractivity contribution in [3.63, 3.8) is 0 Å². The van der Waals surface area contributed by atoms with Crippen LogP contribution in [0.3, 0.4) is 0 Å². The highest BCUT2D eigenvalue weighted by atomic mass is 16.5. The van der Waals surface area contributed by atoms with Crippen molar-refractivity contribution in [1.82, 2.24) is 0 Å². The summed E-state index contributed by atoms with van der Waals surface area (Å²) in [5.41, 5.74) is 2.48. The minimum atomic E-state index is -0.192. The third kappa shape index (κ3) is 6.31. The van der Waals surface area contributed by atoms with E-state index in [2.05, 4.69) is 10.6 Å². The van der Waals surface area contributed by atoms with Gasteiger partial charge in [-0.25, -0.2) is 0 Å². The molecule has 3 N–H and O–H groups in total. The van der Waals surface area contributed by atoms with E-state index in [1.54, 1.807) is 32.4 Å². The van der Waals surface area contributed by atoms with Crippen molar-refractivity contribution in [2.24, 2.45) is 0 Å². The van der Waals surface area contributed by atoms with Crippen LogP contribution in [0.2, 0.25) is 0 Å². The molecule has 7 nitrogen and oxygen atoms in total. The van der Waals surface area contributed by atoms with Gasteiger partial charge < -0.3 is 25.0 Å². The van der Waals surface area contributed by atoms with Crippen molar-refractivity contribution in [2.75, 3.05) is 45.0 Å². The molecule has 7 heteroatoms. The van der Waals surface area contributed by atoms with Crippen LogP contribution in [0, 0.1) is 6.92 Å². The minimum Gasteiger partial charge on any atom is -0.493 e. The third-order valence-corrected chi connectivity index (χ3v) is 3.93. The lowest BCUT2D eigenvalue weighted by molar-refractivity contribution is -0.862. The average molecular weight is 372 g/mol. The second kappa shape index (κ2) is 9.59. The second-order valence-electron chi connectivity index (χ2n) is 6.34. The predicted octanol–water partition coefficient (Wildman–Crippen LogP) is 1.10. The fourth-order valence-electron chi connectivity index (χ4n) is 2.57. The number of benzene rings is 2. The molecule has 0 spiro atoms.